The monoisotopic (exact) mass is 400 g/mol. The molecule has 0 saturated heterocycles. The molecule has 3 aromatic heterocycles. The predicted octanol–water partition coefficient (Wildman–Crippen LogP) is 3.75. The van der Waals surface area contributed by atoms with Gasteiger partial charge >= 0.3 is 0 Å². The number of rotatable bonds is 6. The van der Waals surface area contributed by atoms with E-state index in [0.717, 1.165) is 35.4 Å². The topological polar surface area (TPSA) is 68.4 Å². The fraction of sp³-hybridized carbons (Fsp3) is 0.571. The van der Waals surface area contributed by atoms with Crippen LogP contribution in [0.1, 0.15) is 57.2 Å². The highest BCUT2D eigenvalue weighted by atomic mass is 32.1. The van der Waals surface area contributed by atoms with Crippen molar-refractivity contribution in [3.05, 3.63) is 33.7 Å². The summed E-state index contributed by atoms with van der Waals surface area (Å²) in [7, 11) is 0. The fourth-order valence-corrected chi connectivity index (χ4v) is 5.11. The molecule has 0 aliphatic heterocycles. The zero-order chi connectivity index (χ0) is 19.7. The Morgan fingerprint density at radius 1 is 1.25 bits per heavy atom. The minimum absolute atomic E-state index is 0.0870. The number of nitrogens with zero attached hydrogens (tertiary/aromatic N) is 3. The van der Waals surface area contributed by atoms with E-state index in [4.69, 9.17) is 0 Å². The molecule has 7 heteroatoms. The lowest BCUT2D eigenvalue weighted by molar-refractivity contribution is -0.122. The molecule has 1 aliphatic carbocycles. The first-order valence-corrected chi connectivity index (χ1v) is 11.2. The number of fused-ring (bicyclic) bond motifs is 3. The van der Waals surface area contributed by atoms with Crippen LogP contribution in [-0.4, -0.2) is 26.1 Å². The lowest BCUT2D eigenvalue weighted by Gasteiger charge is -2.26. The quantitative estimate of drug-likeness (QED) is 0.685. The van der Waals surface area contributed by atoms with Gasteiger partial charge in [0.15, 0.2) is 0 Å². The molecule has 6 nitrogen and oxygen atoms in total. The Morgan fingerprint density at radius 3 is 2.79 bits per heavy atom. The average molecular weight is 401 g/mol. The highest BCUT2D eigenvalue weighted by Crippen LogP contribution is 2.28. The molecule has 150 valence electrons. The van der Waals surface area contributed by atoms with Gasteiger partial charge in [-0.2, -0.15) is 5.10 Å². The highest BCUT2D eigenvalue weighted by molar-refractivity contribution is 7.19. The van der Waals surface area contributed by atoms with Gasteiger partial charge in [0.1, 0.15) is 11.8 Å². The Kier molecular flexibility index (Phi) is 5.53. The van der Waals surface area contributed by atoms with Crippen LogP contribution in [-0.2, 0) is 17.8 Å². The molecule has 1 amide bonds. The number of aromatic nitrogens is 3. The van der Waals surface area contributed by atoms with Gasteiger partial charge in [-0.15, -0.1) is 11.3 Å². The van der Waals surface area contributed by atoms with Crippen LogP contribution < -0.4 is 10.9 Å². The summed E-state index contributed by atoms with van der Waals surface area (Å²) in [5.41, 5.74) is 1.61. The minimum atomic E-state index is -0.0920. The lowest BCUT2D eigenvalue weighted by atomic mass is 9.87. The van der Waals surface area contributed by atoms with Gasteiger partial charge in [-0.3, -0.25) is 14.0 Å². The van der Waals surface area contributed by atoms with Gasteiger partial charge in [-0.1, -0.05) is 13.8 Å². The summed E-state index contributed by atoms with van der Waals surface area (Å²) in [6.45, 7) is 4.87. The van der Waals surface area contributed by atoms with Gasteiger partial charge in [-0.25, -0.2) is 4.68 Å². The van der Waals surface area contributed by atoms with Crippen LogP contribution in [0.4, 0.5) is 0 Å². The summed E-state index contributed by atoms with van der Waals surface area (Å²) in [5, 5.41) is 7.47. The third kappa shape index (κ3) is 3.85. The van der Waals surface area contributed by atoms with Crippen molar-refractivity contribution < 1.29 is 4.79 Å². The first kappa shape index (κ1) is 19.2. The van der Waals surface area contributed by atoms with Crippen molar-refractivity contribution >= 4 is 33.0 Å². The second-order valence-corrected chi connectivity index (χ2v) is 9.17. The van der Waals surface area contributed by atoms with Gasteiger partial charge in [0.2, 0.25) is 5.91 Å². The van der Waals surface area contributed by atoms with Gasteiger partial charge in [0.05, 0.1) is 10.2 Å². The first-order chi connectivity index (χ1) is 13.5. The summed E-state index contributed by atoms with van der Waals surface area (Å²) in [6, 6.07) is 4.41. The van der Waals surface area contributed by atoms with Crippen LogP contribution in [0, 0.1) is 5.92 Å². The molecule has 0 spiro atoms. The molecule has 0 unspecified atom stereocenters. The maximum absolute atomic E-state index is 12.8. The zero-order valence-corrected chi connectivity index (χ0v) is 17.4. The van der Waals surface area contributed by atoms with Gasteiger partial charge in [0.25, 0.3) is 5.56 Å². The van der Waals surface area contributed by atoms with Crippen molar-refractivity contribution in [2.24, 2.45) is 5.92 Å². The van der Waals surface area contributed by atoms with Gasteiger partial charge < -0.3 is 5.32 Å². The summed E-state index contributed by atoms with van der Waals surface area (Å²) in [4.78, 5) is 26.3. The number of amides is 1. The number of hydrogen-bond donors (Lipinski definition) is 1. The van der Waals surface area contributed by atoms with E-state index in [2.05, 4.69) is 30.3 Å². The van der Waals surface area contributed by atoms with Gasteiger partial charge in [-0.05, 0) is 56.6 Å². The van der Waals surface area contributed by atoms with E-state index in [1.165, 1.54) is 22.4 Å². The molecule has 0 radical (unpaired) electrons. The SMILES string of the molecule is CCc1cc2c(cc3c(=O)n(CCCC(=O)NC4CCC(C)CC4)ncn32)s1. The lowest BCUT2D eigenvalue weighted by Crippen LogP contribution is -2.37. The number of carbonyl (C=O) groups is 1. The van der Waals surface area contributed by atoms with E-state index in [9.17, 15) is 9.59 Å². The second kappa shape index (κ2) is 8.07. The smallest absolute Gasteiger partial charge is 0.291 e. The van der Waals surface area contributed by atoms with Crippen molar-refractivity contribution in [3.8, 4) is 0 Å². The Labute approximate surface area is 168 Å². The molecule has 0 atom stereocenters. The summed E-state index contributed by atoms with van der Waals surface area (Å²) < 4.78 is 4.48. The number of nitrogens with one attached hydrogen (secondary N) is 1. The van der Waals surface area contributed by atoms with E-state index < -0.39 is 0 Å². The van der Waals surface area contributed by atoms with Crippen molar-refractivity contribution in [1.82, 2.24) is 19.5 Å². The average Bonchev–Trinajstić information content (AvgIpc) is 3.24. The van der Waals surface area contributed by atoms with Crippen molar-refractivity contribution in [3.63, 3.8) is 0 Å². The fourth-order valence-electron chi connectivity index (χ4n) is 4.08. The van der Waals surface area contributed by atoms with Crippen molar-refractivity contribution in [2.75, 3.05) is 0 Å². The maximum atomic E-state index is 12.8. The second-order valence-electron chi connectivity index (χ2n) is 8.00. The molecule has 1 aliphatic rings. The van der Waals surface area contributed by atoms with E-state index >= 15 is 0 Å². The minimum Gasteiger partial charge on any atom is -0.353 e. The standard InChI is InChI=1S/C21H28N4O2S/c1-3-16-11-17-19(28-16)12-18-21(27)25(22-13-24(17)18)10-4-5-20(26)23-15-8-6-14(2)7-9-15/h11-15H,3-10H2,1-2H3,(H,23,26). The summed E-state index contributed by atoms with van der Waals surface area (Å²) in [6.07, 6.45) is 8.31. The van der Waals surface area contributed by atoms with E-state index in [1.807, 2.05) is 10.5 Å². The predicted molar refractivity (Wildman–Crippen MR) is 113 cm³/mol. The molecule has 0 bridgehead atoms. The van der Waals surface area contributed by atoms with E-state index in [0.29, 0.717) is 30.9 Å². The number of aryl methyl sites for hydroxylation is 2. The molecule has 3 heterocycles. The molecule has 0 aromatic carbocycles. The highest BCUT2D eigenvalue weighted by Gasteiger charge is 2.19. The molecular formula is C21H28N4O2S. The Morgan fingerprint density at radius 2 is 2.04 bits per heavy atom. The van der Waals surface area contributed by atoms with Gasteiger partial charge in [0, 0.05) is 23.9 Å². The third-order valence-corrected chi connectivity index (χ3v) is 7.06. The molecular weight excluding hydrogens is 372 g/mol. The van der Waals surface area contributed by atoms with Crippen LogP contribution >= 0.6 is 11.3 Å². The van der Waals surface area contributed by atoms with Crippen molar-refractivity contribution in [1.29, 1.82) is 0 Å². The Balaban J connectivity index is 1.37. The largest absolute Gasteiger partial charge is 0.353 e. The third-order valence-electron chi connectivity index (χ3n) is 5.84. The van der Waals surface area contributed by atoms with Crippen molar-refractivity contribution in [2.45, 2.75) is 71.4 Å². The van der Waals surface area contributed by atoms with Crippen LogP contribution in [0.25, 0.3) is 15.7 Å². The zero-order valence-electron chi connectivity index (χ0n) is 16.6. The first-order valence-electron chi connectivity index (χ1n) is 10.3. The molecule has 1 saturated carbocycles. The molecule has 4 rings (SSSR count). The van der Waals surface area contributed by atoms with Crippen LogP contribution in [0.3, 0.4) is 0 Å². The number of thiophene rings is 1. The summed E-state index contributed by atoms with van der Waals surface area (Å²) in [5.74, 6) is 0.864. The normalized spacial score (nSPS) is 20.1. The van der Waals surface area contributed by atoms with E-state index in [1.54, 1.807) is 17.7 Å². The number of carbonyl (C=O) groups excluding carboxylic acids is 1. The molecule has 1 fully saturated rings. The van der Waals surface area contributed by atoms with Crippen LogP contribution in [0.5, 0.6) is 0 Å². The van der Waals surface area contributed by atoms with E-state index in [-0.39, 0.29) is 11.5 Å². The summed E-state index contributed by atoms with van der Waals surface area (Å²) >= 11 is 1.73. The molecule has 1 N–H and O–H groups in total. The Hall–Kier alpha value is -2.15. The maximum Gasteiger partial charge on any atom is 0.291 e. The van der Waals surface area contributed by atoms with Crippen LogP contribution in [0.15, 0.2) is 23.3 Å². The molecule has 3 aromatic rings. The molecule has 28 heavy (non-hydrogen) atoms. The van der Waals surface area contributed by atoms with Crippen LogP contribution in [0.2, 0.25) is 0 Å². The number of hydrogen-bond acceptors (Lipinski definition) is 4. The Bertz CT molecular complexity index is 1040.